The fraction of sp³-hybridized carbons (Fsp3) is 0.933. The molecule has 1 rings (SSSR count). The normalized spacial score (nSPS) is 19.9. The van der Waals surface area contributed by atoms with Gasteiger partial charge < -0.3 is 4.90 Å². The summed E-state index contributed by atoms with van der Waals surface area (Å²) in [7, 11) is 1.96. The van der Waals surface area contributed by atoms with E-state index in [4.69, 9.17) is 0 Å². The van der Waals surface area contributed by atoms with E-state index in [0.29, 0.717) is 6.04 Å². The molecular formula is C15H30N2O. The highest BCUT2D eigenvalue weighted by Gasteiger charge is 2.33. The van der Waals surface area contributed by atoms with Crippen molar-refractivity contribution < 1.29 is 4.79 Å². The maximum Gasteiger partial charge on any atom is 0.227 e. The Morgan fingerprint density at radius 1 is 1.06 bits per heavy atom. The molecule has 1 aliphatic rings. The molecule has 18 heavy (non-hydrogen) atoms. The Hall–Kier alpha value is -0.570. The maximum atomic E-state index is 12.3. The van der Waals surface area contributed by atoms with Crippen LogP contribution < -0.4 is 0 Å². The zero-order valence-electron chi connectivity index (χ0n) is 13.2. The van der Waals surface area contributed by atoms with Gasteiger partial charge in [-0.05, 0) is 33.6 Å². The molecule has 1 amide bonds. The number of nitrogens with zero attached hydrogens (tertiary/aromatic N) is 2. The van der Waals surface area contributed by atoms with Gasteiger partial charge in [0.15, 0.2) is 0 Å². The van der Waals surface area contributed by atoms with Crippen molar-refractivity contribution >= 4 is 5.91 Å². The molecule has 0 atom stereocenters. The first-order chi connectivity index (χ1) is 8.03. The van der Waals surface area contributed by atoms with E-state index >= 15 is 0 Å². The first-order valence-corrected chi connectivity index (χ1v) is 7.06. The molecule has 0 radical (unpaired) electrons. The van der Waals surface area contributed by atoms with Gasteiger partial charge in [-0.25, -0.2) is 0 Å². The smallest absolute Gasteiger partial charge is 0.227 e. The molecule has 0 spiro atoms. The van der Waals surface area contributed by atoms with Gasteiger partial charge in [0.2, 0.25) is 5.91 Å². The summed E-state index contributed by atoms with van der Waals surface area (Å²) in [5, 5.41) is 0. The predicted molar refractivity (Wildman–Crippen MR) is 76.6 cm³/mol. The molecule has 3 heteroatoms. The molecule has 0 unspecified atom stereocenters. The van der Waals surface area contributed by atoms with Crippen molar-refractivity contribution in [3.8, 4) is 0 Å². The SMILES string of the molecule is CN(C(=O)C(C)(C)C)C1CCN(C(C)(C)C)CC1. The van der Waals surface area contributed by atoms with E-state index in [2.05, 4.69) is 25.7 Å². The van der Waals surface area contributed by atoms with Gasteiger partial charge in [-0.15, -0.1) is 0 Å². The number of rotatable bonds is 1. The third-order valence-electron chi connectivity index (χ3n) is 3.92. The molecule has 1 saturated heterocycles. The molecule has 0 aromatic rings. The summed E-state index contributed by atoms with van der Waals surface area (Å²) in [5.74, 6) is 0.261. The van der Waals surface area contributed by atoms with Gasteiger partial charge >= 0.3 is 0 Å². The zero-order valence-corrected chi connectivity index (χ0v) is 13.2. The van der Waals surface area contributed by atoms with Crippen LogP contribution in [0, 0.1) is 5.41 Å². The Kier molecular flexibility index (Phi) is 4.47. The van der Waals surface area contributed by atoms with Gasteiger partial charge in [0.1, 0.15) is 0 Å². The molecule has 1 heterocycles. The second-order valence-electron chi connectivity index (χ2n) is 7.56. The molecule has 1 aliphatic heterocycles. The number of carbonyl (C=O) groups excluding carboxylic acids is 1. The van der Waals surface area contributed by atoms with E-state index in [-0.39, 0.29) is 16.9 Å². The minimum absolute atomic E-state index is 0.248. The summed E-state index contributed by atoms with van der Waals surface area (Å²) in [4.78, 5) is 16.7. The first kappa shape index (κ1) is 15.5. The lowest BCUT2D eigenvalue weighted by atomic mass is 9.92. The van der Waals surface area contributed by atoms with Crippen molar-refractivity contribution in [1.29, 1.82) is 0 Å². The Morgan fingerprint density at radius 2 is 1.50 bits per heavy atom. The second kappa shape index (κ2) is 5.20. The summed E-state index contributed by atoms with van der Waals surface area (Å²) in [6.07, 6.45) is 2.19. The van der Waals surface area contributed by atoms with Gasteiger partial charge in [-0.1, -0.05) is 20.8 Å². The molecule has 0 aliphatic carbocycles. The van der Waals surface area contributed by atoms with Crippen molar-refractivity contribution in [3.05, 3.63) is 0 Å². The van der Waals surface area contributed by atoms with Crippen LogP contribution >= 0.6 is 0 Å². The van der Waals surface area contributed by atoms with Gasteiger partial charge in [0.25, 0.3) is 0 Å². The molecule has 0 aromatic carbocycles. The maximum absolute atomic E-state index is 12.3. The van der Waals surface area contributed by atoms with Crippen LogP contribution in [0.2, 0.25) is 0 Å². The number of piperidine rings is 1. The number of hydrogen-bond acceptors (Lipinski definition) is 2. The average Bonchev–Trinajstić information content (AvgIpc) is 2.25. The Morgan fingerprint density at radius 3 is 1.83 bits per heavy atom. The van der Waals surface area contributed by atoms with Crippen molar-refractivity contribution in [1.82, 2.24) is 9.80 Å². The van der Waals surface area contributed by atoms with Crippen LogP contribution in [0.5, 0.6) is 0 Å². The third-order valence-corrected chi connectivity index (χ3v) is 3.92. The summed E-state index contributed by atoms with van der Waals surface area (Å²) in [5.41, 5.74) is -0.0203. The van der Waals surface area contributed by atoms with E-state index < -0.39 is 0 Å². The fourth-order valence-corrected chi connectivity index (χ4v) is 2.62. The minimum atomic E-state index is -0.268. The lowest BCUT2D eigenvalue weighted by Gasteiger charge is -2.44. The van der Waals surface area contributed by atoms with Gasteiger partial charge in [-0.2, -0.15) is 0 Å². The third kappa shape index (κ3) is 3.71. The summed E-state index contributed by atoms with van der Waals surface area (Å²) in [6, 6.07) is 0.412. The van der Waals surface area contributed by atoms with E-state index in [1.165, 1.54) is 0 Å². The average molecular weight is 254 g/mol. The van der Waals surface area contributed by atoms with Crippen molar-refractivity contribution in [2.24, 2.45) is 5.41 Å². The molecule has 106 valence electrons. The Bertz CT molecular complexity index is 291. The summed E-state index contributed by atoms with van der Waals surface area (Å²) >= 11 is 0. The molecular weight excluding hydrogens is 224 g/mol. The van der Waals surface area contributed by atoms with Crippen LogP contribution in [0.1, 0.15) is 54.4 Å². The van der Waals surface area contributed by atoms with Crippen LogP contribution in [0.3, 0.4) is 0 Å². The summed E-state index contributed by atoms with van der Waals surface area (Å²) < 4.78 is 0. The van der Waals surface area contributed by atoms with Crippen LogP contribution in [0.25, 0.3) is 0 Å². The van der Waals surface area contributed by atoms with Gasteiger partial charge in [-0.3, -0.25) is 9.69 Å². The lowest BCUT2D eigenvalue weighted by molar-refractivity contribution is -0.141. The van der Waals surface area contributed by atoms with Crippen LogP contribution in [-0.4, -0.2) is 47.4 Å². The molecule has 0 aromatic heterocycles. The van der Waals surface area contributed by atoms with E-state index in [1.807, 2.05) is 32.7 Å². The monoisotopic (exact) mass is 254 g/mol. The number of hydrogen-bond donors (Lipinski definition) is 0. The van der Waals surface area contributed by atoms with Crippen molar-refractivity contribution in [2.45, 2.75) is 66.0 Å². The lowest BCUT2D eigenvalue weighted by Crippen LogP contribution is -2.52. The largest absolute Gasteiger partial charge is 0.342 e. The van der Waals surface area contributed by atoms with Crippen LogP contribution in [0.4, 0.5) is 0 Å². The Labute approximate surface area is 113 Å². The summed E-state index contributed by atoms with van der Waals surface area (Å²) in [6.45, 7) is 15.0. The topological polar surface area (TPSA) is 23.6 Å². The molecule has 0 N–H and O–H groups in total. The Balaban J connectivity index is 2.56. The highest BCUT2D eigenvalue weighted by molar-refractivity contribution is 5.81. The van der Waals surface area contributed by atoms with E-state index in [1.54, 1.807) is 0 Å². The minimum Gasteiger partial charge on any atom is -0.342 e. The molecule has 0 saturated carbocycles. The highest BCUT2D eigenvalue weighted by atomic mass is 16.2. The van der Waals surface area contributed by atoms with Crippen LogP contribution in [-0.2, 0) is 4.79 Å². The predicted octanol–water partition coefficient (Wildman–Crippen LogP) is 2.75. The van der Waals surface area contributed by atoms with E-state index in [9.17, 15) is 4.79 Å². The second-order valence-corrected chi connectivity index (χ2v) is 7.56. The molecule has 3 nitrogen and oxygen atoms in total. The quantitative estimate of drug-likeness (QED) is 0.718. The first-order valence-electron chi connectivity index (χ1n) is 7.06. The number of amides is 1. The van der Waals surface area contributed by atoms with Gasteiger partial charge in [0, 0.05) is 37.1 Å². The highest BCUT2D eigenvalue weighted by Crippen LogP contribution is 2.25. The van der Waals surface area contributed by atoms with Crippen LogP contribution in [0.15, 0.2) is 0 Å². The standard InChI is InChI=1S/C15H30N2O/c1-14(2,3)13(18)16(7)12-8-10-17(11-9-12)15(4,5)6/h12H,8-11H2,1-7H3. The van der Waals surface area contributed by atoms with Crippen molar-refractivity contribution in [3.63, 3.8) is 0 Å². The molecule has 0 bridgehead atoms. The number of likely N-dealkylation sites (tertiary alicyclic amines) is 1. The van der Waals surface area contributed by atoms with E-state index in [0.717, 1.165) is 25.9 Å². The number of carbonyl (C=O) groups is 1. The van der Waals surface area contributed by atoms with Gasteiger partial charge in [0.05, 0.1) is 0 Å². The molecule has 1 fully saturated rings. The zero-order chi connectivity index (χ0) is 14.1. The fourth-order valence-electron chi connectivity index (χ4n) is 2.62. The van der Waals surface area contributed by atoms with Crippen molar-refractivity contribution in [2.75, 3.05) is 20.1 Å².